The molecule has 0 amide bonds. The van der Waals surface area contributed by atoms with E-state index in [4.69, 9.17) is 9.15 Å². The van der Waals surface area contributed by atoms with E-state index >= 15 is 0 Å². The van der Waals surface area contributed by atoms with Crippen LogP contribution in [0.2, 0.25) is 0 Å². The van der Waals surface area contributed by atoms with Crippen LogP contribution in [0.25, 0.3) is 22.3 Å². The van der Waals surface area contributed by atoms with Crippen LogP contribution in [0.1, 0.15) is 0 Å². The van der Waals surface area contributed by atoms with Gasteiger partial charge in [-0.3, -0.25) is 4.79 Å². The molecule has 3 aromatic rings. The molecule has 0 atom stereocenters. The summed E-state index contributed by atoms with van der Waals surface area (Å²) in [6.45, 7) is 0. The summed E-state index contributed by atoms with van der Waals surface area (Å²) in [6.07, 6.45) is 0. The molecular formula is C16H12KO7+. The second-order valence-corrected chi connectivity index (χ2v) is 4.83. The van der Waals surface area contributed by atoms with Crippen molar-refractivity contribution in [2.45, 2.75) is 0 Å². The maximum absolute atomic E-state index is 12.3. The zero-order valence-corrected chi connectivity index (χ0v) is 16.0. The van der Waals surface area contributed by atoms with Gasteiger partial charge >= 0.3 is 51.4 Å². The second-order valence-electron chi connectivity index (χ2n) is 4.83. The summed E-state index contributed by atoms with van der Waals surface area (Å²) in [6, 6.07) is 6.31. The van der Waals surface area contributed by atoms with E-state index in [9.17, 15) is 25.2 Å². The number of methoxy groups -OCH3 is 1. The molecule has 0 fully saturated rings. The van der Waals surface area contributed by atoms with Gasteiger partial charge in [-0.05, 0) is 18.2 Å². The molecule has 0 saturated carbocycles. The SMILES string of the molecule is COc1cc(O)c2c(=O)c(O)c(-c3ccc(O)c(O)c3)oc2c1.[K+]. The summed E-state index contributed by atoms with van der Waals surface area (Å²) in [5.74, 6) is -1.82. The van der Waals surface area contributed by atoms with E-state index in [0.29, 0.717) is 0 Å². The molecule has 3 rings (SSSR count). The summed E-state index contributed by atoms with van der Waals surface area (Å²) in [5, 5.41) is 38.7. The molecule has 0 aliphatic heterocycles. The Morgan fingerprint density at radius 1 is 0.958 bits per heavy atom. The first-order chi connectivity index (χ1) is 10.9. The summed E-state index contributed by atoms with van der Waals surface area (Å²) in [4.78, 5) is 12.3. The standard InChI is InChI=1S/C16H12O7.K/c1-22-8-5-11(19)13-12(6-8)23-16(15(21)14(13)20)7-2-3-9(17)10(18)4-7;/h2-6,17-19,21H,1H3;/q;+1. The average molecular weight is 355 g/mol. The van der Waals surface area contributed by atoms with E-state index < -0.39 is 16.9 Å². The topological polar surface area (TPSA) is 120 Å². The molecule has 0 radical (unpaired) electrons. The molecule has 8 heteroatoms. The van der Waals surface area contributed by atoms with E-state index in [2.05, 4.69) is 0 Å². The van der Waals surface area contributed by atoms with Crippen LogP contribution in [0.3, 0.4) is 0 Å². The molecule has 0 unspecified atom stereocenters. The fourth-order valence-electron chi connectivity index (χ4n) is 2.24. The maximum Gasteiger partial charge on any atom is 1.00 e. The van der Waals surface area contributed by atoms with Crippen molar-refractivity contribution >= 4 is 11.0 Å². The summed E-state index contributed by atoms with van der Waals surface area (Å²) >= 11 is 0. The number of hydrogen-bond acceptors (Lipinski definition) is 7. The minimum atomic E-state index is -0.825. The van der Waals surface area contributed by atoms with Gasteiger partial charge in [0.2, 0.25) is 11.2 Å². The predicted octanol–water partition coefficient (Wildman–Crippen LogP) is -0.705. The second kappa shape index (κ2) is 7.04. The van der Waals surface area contributed by atoms with Crippen molar-refractivity contribution < 1.29 is 81.0 Å². The quantitative estimate of drug-likeness (QED) is 0.354. The number of rotatable bonds is 2. The Bertz CT molecular complexity index is 978. The van der Waals surface area contributed by atoms with Crippen molar-refractivity contribution in [1.29, 1.82) is 0 Å². The molecule has 0 aliphatic rings. The molecule has 1 aromatic heterocycles. The van der Waals surface area contributed by atoms with E-state index in [-0.39, 0.29) is 90.9 Å². The van der Waals surface area contributed by atoms with Crippen molar-refractivity contribution in [3.63, 3.8) is 0 Å². The minimum absolute atomic E-state index is 0. The van der Waals surface area contributed by atoms with Crippen LogP contribution < -0.4 is 61.6 Å². The van der Waals surface area contributed by atoms with Gasteiger partial charge in [-0.25, -0.2) is 0 Å². The zero-order chi connectivity index (χ0) is 16.7. The van der Waals surface area contributed by atoms with Gasteiger partial charge in [0.15, 0.2) is 17.3 Å². The Labute approximate surface area is 178 Å². The number of benzene rings is 2. The minimum Gasteiger partial charge on any atom is -0.507 e. The number of hydrogen-bond donors (Lipinski definition) is 4. The van der Waals surface area contributed by atoms with Crippen LogP contribution in [-0.4, -0.2) is 27.5 Å². The van der Waals surface area contributed by atoms with E-state index in [1.807, 2.05) is 0 Å². The molecular weight excluding hydrogens is 343 g/mol. The number of aromatic hydroxyl groups is 4. The van der Waals surface area contributed by atoms with Crippen molar-refractivity contribution in [2.24, 2.45) is 0 Å². The zero-order valence-electron chi connectivity index (χ0n) is 12.9. The monoisotopic (exact) mass is 355 g/mol. The van der Waals surface area contributed by atoms with Crippen LogP contribution in [0.5, 0.6) is 28.7 Å². The molecule has 1 heterocycles. The van der Waals surface area contributed by atoms with Gasteiger partial charge < -0.3 is 29.6 Å². The van der Waals surface area contributed by atoms with Crippen LogP contribution in [0, 0.1) is 0 Å². The molecule has 0 aliphatic carbocycles. The Kier molecular flexibility index (Phi) is 5.46. The third-order valence-electron chi connectivity index (χ3n) is 3.40. The van der Waals surface area contributed by atoms with Crippen molar-refractivity contribution in [1.82, 2.24) is 0 Å². The average Bonchev–Trinajstić information content (AvgIpc) is 2.52. The summed E-state index contributed by atoms with van der Waals surface area (Å²) < 4.78 is 10.5. The Hall–Kier alpha value is -1.71. The van der Waals surface area contributed by atoms with Gasteiger partial charge in [0.05, 0.1) is 7.11 Å². The van der Waals surface area contributed by atoms with Gasteiger partial charge in [-0.15, -0.1) is 0 Å². The van der Waals surface area contributed by atoms with Gasteiger partial charge in [0, 0.05) is 17.7 Å². The Morgan fingerprint density at radius 3 is 2.29 bits per heavy atom. The van der Waals surface area contributed by atoms with Gasteiger partial charge in [-0.2, -0.15) is 0 Å². The fourth-order valence-corrected chi connectivity index (χ4v) is 2.24. The van der Waals surface area contributed by atoms with Gasteiger partial charge in [0.25, 0.3) is 0 Å². The number of fused-ring (bicyclic) bond motifs is 1. The first-order valence-electron chi connectivity index (χ1n) is 6.51. The summed E-state index contributed by atoms with van der Waals surface area (Å²) in [5.41, 5.74) is -0.639. The van der Waals surface area contributed by atoms with Gasteiger partial charge in [0.1, 0.15) is 22.5 Å². The fraction of sp³-hybridized carbons (Fsp3) is 0.0625. The van der Waals surface area contributed by atoms with Crippen LogP contribution in [-0.2, 0) is 0 Å². The first kappa shape index (κ1) is 18.6. The third kappa shape index (κ3) is 3.11. The first-order valence-corrected chi connectivity index (χ1v) is 6.51. The van der Waals surface area contributed by atoms with Gasteiger partial charge in [-0.1, -0.05) is 0 Å². The largest absolute Gasteiger partial charge is 1.00 e. The normalized spacial score (nSPS) is 10.4. The van der Waals surface area contributed by atoms with Crippen LogP contribution >= 0.6 is 0 Å². The molecule has 4 N–H and O–H groups in total. The molecule has 118 valence electrons. The third-order valence-corrected chi connectivity index (χ3v) is 3.40. The van der Waals surface area contributed by atoms with Crippen LogP contribution in [0.15, 0.2) is 39.5 Å². The molecule has 24 heavy (non-hydrogen) atoms. The van der Waals surface area contributed by atoms with Crippen LogP contribution in [0.4, 0.5) is 0 Å². The molecule has 0 spiro atoms. The van der Waals surface area contributed by atoms with E-state index in [1.165, 1.54) is 31.4 Å². The van der Waals surface area contributed by atoms with Crippen molar-refractivity contribution in [3.8, 4) is 40.1 Å². The molecule has 7 nitrogen and oxygen atoms in total. The predicted molar refractivity (Wildman–Crippen MR) is 81.1 cm³/mol. The molecule has 0 bridgehead atoms. The molecule has 0 saturated heterocycles. The number of phenols is 3. The number of phenolic OH excluding ortho intramolecular Hbond substituents is 3. The van der Waals surface area contributed by atoms with E-state index in [0.717, 1.165) is 6.07 Å². The molecule has 2 aromatic carbocycles. The summed E-state index contributed by atoms with van der Waals surface area (Å²) in [7, 11) is 1.39. The Morgan fingerprint density at radius 2 is 1.67 bits per heavy atom. The Balaban J connectivity index is 0.00000208. The van der Waals surface area contributed by atoms with Crippen molar-refractivity contribution in [2.75, 3.05) is 7.11 Å². The van der Waals surface area contributed by atoms with E-state index in [1.54, 1.807) is 0 Å². The smallest absolute Gasteiger partial charge is 0.507 e. The number of ether oxygens (including phenoxy) is 1. The maximum atomic E-state index is 12.3. The van der Waals surface area contributed by atoms with Crippen molar-refractivity contribution in [3.05, 3.63) is 40.6 Å².